The fourth-order valence-electron chi connectivity index (χ4n) is 1.42. The summed E-state index contributed by atoms with van der Waals surface area (Å²) in [7, 11) is 0. The van der Waals surface area contributed by atoms with Gasteiger partial charge in [-0.3, -0.25) is 14.5 Å². The van der Waals surface area contributed by atoms with Crippen molar-refractivity contribution in [2.45, 2.75) is 20.0 Å². The molecule has 5 heteroatoms. The van der Waals surface area contributed by atoms with E-state index in [4.69, 9.17) is 0 Å². The molecule has 88 valence electrons. The first kappa shape index (κ1) is 11.3. The number of hydrogen-bond donors (Lipinski definition) is 1. The summed E-state index contributed by atoms with van der Waals surface area (Å²) >= 11 is 0. The molecule has 0 aliphatic rings. The van der Waals surface area contributed by atoms with Crippen LogP contribution in [0.1, 0.15) is 23.1 Å². The molecule has 0 aliphatic heterocycles. The summed E-state index contributed by atoms with van der Waals surface area (Å²) in [6.45, 7) is 3.15. The number of pyridine rings is 1. The van der Waals surface area contributed by atoms with Gasteiger partial charge in [0, 0.05) is 18.9 Å². The van der Waals surface area contributed by atoms with E-state index in [-0.39, 0.29) is 5.91 Å². The molecule has 0 saturated heterocycles. The third kappa shape index (κ3) is 2.90. The molecule has 1 amide bonds. The molecule has 0 aromatic carbocycles. The van der Waals surface area contributed by atoms with E-state index < -0.39 is 0 Å². The molecule has 0 saturated carbocycles. The van der Waals surface area contributed by atoms with Crippen LogP contribution in [0.15, 0.2) is 36.7 Å². The van der Waals surface area contributed by atoms with Gasteiger partial charge in [0.25, 0.3) is 5.91 Å². The Morgan fingerprint density at radius 2 is 2.29 bits per heavy atom. The maximum atomic E-state index is 11.7. The maximum Gasteiger partial charge on any atom is 0.272 e. The van der Waals surface area contributed by atoms with Gasteiger partial charge in [0.1, 0.15) is 5.69 Å². The van der Waals surface area contributed by atoms with Gasteiger partial charge in [-0.15, -0.1) is 0 Å². The van der Waals surface area contributed by atoms with Crippen LogP contribution in [-0.2, 0) is 13.1 Å². The predicted molar refractivity (Wildman–Crippen MR) is 63.3 cm³/mol. The Labute approximate surface area is 99.5 Å². The second kappa shape index (κ2) is 5.25. The number of hydrogen-bond acceptors (Lipinski definition) is 3. The monoisotopic (exact) mass is 230 g/mol. The number of aromatic nitrogens is 3. The van der Waals surface area contributed by atoms with E-state index in [1.54, 1.807) is 23.1 Å². The second-order valence-electron chi connectivity index (χ2n) is 3.56. The van der Waals surface area contributed by atoms with Crippen molar-refractivity contribution in [2.75, 3.05) is 0 Å². The molecule has 0 unspecified atom stereocenters. The van der Waals surface area contributed by atoms with Crippen LogP contribution < -0.4 is 5.32 Å². The van der Waals surface area contributed by atoms with Crippen LogP contribution in [0.3, 0.4) is 0 Å². The van der Waals surface area contributed by atoms with Gasteiger partial charge in [0.2, 0.25) is 0 Å². The van der Waals surface area contributed by atoms with Crippen LogP contribution in [0.25, 0.3) is 0 Å². The first-order valence-corrected chi connectivity index (χ1v) is 5.51. The molecule has 0 aliphatic carbocycles. The zero-order chi connectivity index (χ0) is 12.1. The standard InChI is InChI=1S/C12H14N4O/c1-2-16-8-6-11(15-16)12(17)14-9-10-5-3-4-7-13-10/h3-8H,2,9H2,1H3,(H,14,17). The van der Waals surface area contributed by atoms with Gasteiger partial charge < -0.3 is 5.32 Å². The Morgan fingerprint density at radius 3 is 2.94 bits per heavy atom. The van der Waals surface area contributed by atoms with Crippen molar-refractivity contribution >= 4 is 5.91 Å². The average molecular weight is 230 g/mol. The Morgan fingerprint density at radius 1 is 1.41 bits per heavy atom. The molecule has 0 radical (unpaired) electrons. The smallest absolute Gasteiger partial charge is 0.272 e. The molecule has 2 rings (SSSR count). The third-order valence-electron chi connectivity index (χ3n) is 2.35. The van der Waals surface area contributed by atoms with E-state index in [0.717, 1.165) is 12.2 Å². The molecule has 2 heterocycles. The highest BCUT2D eigenvalue weighted by atomic mass is 16.1. The minimum absolute atomic E-state index is 0.178. The van der Waals surface area contributed by atoms with Crippen LogP contribution in [0.2, 0.25) is 0 Å². The van der Waals surface area contributed by atoms with E-state index in [9.17, 15) is 4.79 Å². The van der Waals surface area contributed by atoms with Crippen molar-refractivity contribution in [3.63, 3.8) is 0 Å². The molecule has 1 N–H and O–H groups in total. The SMILES string of the molecule is CCn1ccc(C(=O)NCc2ccccn2)n1. The van der Waals surface area contributed by atoms with Crippen LogP contribution in [0.4, 0.5) is 0 Å². The lowest BCUT2D eigenvalue weighted by Crippen LogP contribution is -2.23. The molecular formula is C12H14N4O. The number of aryl methyl sites for hydroxylation is 1. The number of carbonyl (C=O) groups excluding carboxylic acids is 1. The number of nitrogens with one attached hydrogen (secondary N) is 1. The van der Waals surface area contributed by atoms with E-state index in [1.807, 2.05) is 25.1 Å². The molecule has 0 fully saturated rings. The first-order valence-electron chi connectivity index (χ1n) is 5.51. The van der Waals surface area contributed by atoms with Gasteiger partial charge in [0.15, 0.2) is 0 Å². The number of nitrogens with zero attached hydrogens (tertiary/aromatic N) is 3. The summed E-state index contributed by atoms with van der Waals surface area (Å²) in [5.41, 5.74) is 1.26. The maximum absolute atomic E-state index is 11.7. The first-order chi connectivity index (χ1) is 8.29. The van der Waals surface area contributed by atoms with Crippen LogP contribution >= 0.6 is 0 Å². The second-order valence-corrected chi connectivity index (χ2v) is 3.56. The van der Waals surface area contributed by atoms with E-state index in [2.05, 4.69) is 15.4 Å². The predicted octanol–water partition coefficient (Wildman–Crippen LogP) is 1.23. The molecule has 2 aromatic rings. The largest absolute Gasteiger partial charge is 0.345 e. The normalized spacial score (nSPS) is 10.2. The van der Waals surface area contributed by atoms with Gasteiger partial charge in [-0.05, 0) is 25.1 Å². The van der Waals surface area contributed by atoms with Gasteiger partial charge in [0.05, 0.1) is 12.2 Å². The fraction of sp³-hybridized carbons (Fsp3) is 0.250. The topological polar surface area (TPSA) is 59.8 Å². The zero-order valence-corrected chi connectivity index (χ0v) is 9.63. The van der Waals surface area contributed by atoms with Crippen LogP contribution in [0, 0.1) is 0 Å². The van der Waals surface area contributed by atoms with Crippen LogP contribution in [0.5, 0.6) is 0 Å². The highest BCUT2D eigenvalue weighted by Crippen LogP contribution is 1.97. The van der Waals surface area contributed by atoms with Crippen molar-refractivity contribution in [3.8, 4) is 0 Å². The summed E-state index contributed by atoms with van der Waals surface area (Å²) in [4.78, 5) is 15.9. The lowest BCUT2D eigenvalue weighted by molar-refractivity contribution is 0.0944. The van der Waals surface area contributed by atoms with Crippen molar-refractivity contribution in [3.05, 3.63) is 48.0 Å². The lowest BCUT2D eigenvalue weighted by Gasteiger charge is -2.02. The van der Waals surface area contributed by atoms with Crippen molar-refractivity contribution < 1.29 is 4.79 Å². The fourth-order valence-corrected chi connectivity index (χ4v) is 1.42. The molecule has 17 heavy (non-hydrogen) atoms. The average Bonchev–Trinajstić information content (AvgIpc) is 2.86. The summed E-state index contributed by atoms with van der Waals surface area (Å²) in [6.07, 6.45) is 3.49. The van der Waals surface area contributed by atoms with Crippen molar-refractivity contribution in [1.82, 2.24) is 20.1 Å². The Bertz CT molecular complexity index is 492. The summed E-state index contributed by atoms with van der Waals surface area (Å²) < 4.78 is 1.72. The van der Waals surface area contributed by atoms with Gasteiger partial charge in [-0.2, -0.15) is 5.10 Å². The number of carbonyl (C=O) groups is 1. The van der Waals surface area contributed by atoms with Gasteiger partial charge in [-0.25, -0.2) is 0 Å². The Balaban J connectivity index is 1.93. The zero-order valence-electron chi connectivity index (χ0n) is 9.63. The summed E-state index contributed by atoms with van der Waals surface area (Å²) in [5.74, 6) is -0.178. The van der Waals surface area contributed by atoms with E-state index in [1.165, 1.54) is 0 Å². The molecule has 5 nitrogen and oxygen atoms in total. The number of amides is 1. The minimum atomic E-state index is -0.178. The molecule has 0 bridgehead atoms. The van der Waals surface area contributed by atoms with E-state index in [0.29, 0.717) is 12.2 Å². The highest BCUT2D eigenvalue weighted by Gasteiger charge is 2.08. The van der Waals surface area contributed by atoms with Gasteiger partial charge in [-0.1, -0.05) is 6.07 Å². The minimum Gasteiger partial charge on any atom is -0.345 e. The Hall–Kier alpha value is -2.17. The highest BCUT2D eigenvalue weighted by molar-refractivity contribution is 5.92. The summed E-state index contributed by atoms with van der Waals surface area (Å²) in [5, 5.41) is 6.90. The molecule has 2 aromatic heterocycles. The summed E-state index contributed by atoms with van der Waals surface area (Å²) in [6, 6.07) is 7.30. The van der Waals surface area contributed by atoms with Crippen molar-refractivity contribution in [2.24, 2.45) is 0 Å². The van der Waals surface area contributed by atoms with Crippen LogP contribution in [-0.4, -0.2) is 20.7 Å². The van der Waals surface area contributed by atoms with E-state index >= 15 is 0 Å². The molecule has 0 spiro atoms. The Kier molecular flexibility index (Phi) is 3.49. The van der Waals surface area contributed by atoms with Gasteiger partial charge >= 0.3 is 0 Å². The molecular weight excluding hydrogens is 216 g/mol. The number of rotatable bonds is 4. The lowest BCUT2D eigenvalue weighted by atomic mass is 10.3. The molecule has 0 atom stereocenters. The van der Waals surface area contributed by atoms with Crippen molar-refractivity contribution in [1.29, 1.82) is 0 Å². The third-order valence-corrected chi connectivity index (χ3v) is 2.35. The quantitative estimate of drug-likeness (QED) is 0.859.